The summed E-state index contributed by atoms with van der Waals surface area (Å²) in [5.74, 6) is 0.571. The third-order valence-corrected chi connectivity index (χ3v) is 6.04. The molecule has 1 aromatic rings. The minimum atomic E-state index is -3.74. The summed E-state index contributed by atoms with van der Waals surface area (Å²) in [6.45, 7) is 2.31. The Hall–Kier alpha value is -1.02. The first-order valence-corrected chi connectivity index (χ1v) is 8.86. The van der Waals surface area contributed by atoms with Crippen molar-refractivity contribution in [3.8, 4) is 11.5 Å². The highest BCUT2D eigenvalue weighted by molar-refractivity contribution is 7.89. The van der Waals surface area contributed by atoms with Crippen LogP contribution in [-0.2, 0) is 10.0 Å². The van der Waals surface area contributed by atoms with E-state index in [1.165, 1.54) is 18.5 Å². The van der Waals surface area contributed by atoms with Crippen LogP contribution in [0.4, 0.5) is 0 Å². The molecule has 0 aromatic heterocycles. The van der Waals surface area contributed by atoms with Crippen molar-refractivity contribution in [3.05, 3.63) is 18.2 Å². The van der Waals surface area contributed by atoms with Gasteiger partial charge in [-0.05, 0) is 31.9 Å². The lowest BCUT2D eigenvalue weighted by atomic mass is 10.00. The number of nitrogens with zero attached hydrogens (tertiary/aromatic N) is 1. The maximum absolute atomic E-state index is 13.2. The molecule has 1 fully saturated rings. The van der Waals surface area contributed by atoms with Gasteiger partial charge in [0.15, 0.2) is 4.90 Å². The van der Waals surface area contributed by atoms with Crippen LogP contribution in [0.3, 0.4) is 0 Å². The predicted molar refractivity (Wildman–Crippen MR) is 92.0 cm³/mol. The van der Waals surface area contributed by atoms with Crippen LogP contribution < -0.4 is 15.2 Å². The number of benzene rings is 1. The van der Waals surface area contributed by atoms with Gasteiger partial charge in [-0.25, -0.2) is 8.42 Å². The number of halogens is 1. The van der Waals surface area contributed by atoms with Gasteiger partial charge in [-0.2, -0.15) is 4.31 Å². The number of ether oxygens (including phenoxy) is 2. The van der Waals surface area contributed by atoms with Crippen LogP contribution >= 0.6 is 12.4 Å². The minimum Gasteiger partial charge on any atom is -0.495 e. The number of piperidine rings is 1. The van der Waals surface area contributed by atoms with Gasteiger partial charge in [-0.15, -0.1) is 12.4 Å². The van der Waals surface area contributed by atoms with E-state index in [1.807, 2.05) is 6.92 Å². The fourth-order valence-electron chi connectivity index (χ4n) is 2.94. The van der Waals surface area contributed by atoms with E-state index >= 15 is 0 Å². The highest BCUT2D eigenvalue weighted by Gasteiger charge is 2.38. The van der Waals surface area contributed by atoms with E-state index < -0.39 is 10.0 Å². The smallest absolute Gasteiger partial charge is 0.250 e. The average Bonchev–Trinajstić information content (AvgIpc) is 2.53. The molecule has 0 radical (unpaired) electrons. The van der Waals surface area contributed by atoms with Gasteiger partial charge in [0.2, 0.25) is 0 Å². The second-order valence-electron chi connectivity index (χ2n) is 5.53. The Labute approximate surface area is 144 Å². The summed E-state index contributed by atoms with van der Waals surface area (Å²) in [5, 5.41) is 0. The van der Waals surface area contributed by atoms with Crippen molar-refractivity contribution >= 4 is 22.4 Å². The van der Waals surface area contributed by atoms with Crippen molar-refractivity contribution < 1.29 is 17.9 Å². The predicted octanol–water partition coefficient (Wildman–Crippen LogP) is 2.02. The topological polar surface area (TPSA) is 81.9 Å². The van der Waals surface area contributed by atoms with Crippen LogP contribution in [0.5, 0.6) is 11.5 Å². The van der Waals surface area contributed by atoms with Gasteiger partial charge in [0.1, 0.15) is 11.5 Å². The normalized spacial score (nSPS) is 20.4. The van der Waals surface area contributed by atoms with Crippen molar-refractivity contribution in [2.45, 2.75) is 43.2 Å². The number of hydrogen-bond acceptors (Lipinski definition) is 5. The summed E-state index contributed by atoms with van der Waals surface area (Å²) < 4.78 is 38.3. The van der Waals surface area contributed by atoms with Gasteiger partial charge in [0, 0.05) is 18.6 Å². The van der Waals surface area contributed by atoms with Gasteiger partial charge < -0.3 is 15.2 Å². The van der Waals surface area contributed by atoms with Crippen molar-refractivity contribution in [1.82, 2.24) is 4.31 Å². The molecule has 1 saturated heterocycles. The van der Waals surface area contributed by atoms with E-state index in [0.717, 1.165) is 19.3 Å². The second kappa shape index (κ2) is 8.19. The molecule has 0 spiro atoms. The van der Waals surface area contributed by atoms with E-state index in [9.17, 15) is 8.42 Å². The third-order valence-electron chi connectivity index (χ3n) is 4.05. The summed E-state index contributed by atoms with van der Waals surface area (Å²) in [6, 6.07) is 4.53. The van der Waals surface area contributed by atoms with E-state index in [1.54, 1.807) is 18.2 Å². The van der Waals surface area contributed by atoms with Crippen LogP contribution in [0.15, 0.2) is 23.1 Å². The molecular weight excluding hydrogens is 340 g/mol. The van der Waals surface area contributed by atoms with Gasteiger partial charge in [-0.1, -0.05) is 12.5 Å². The van der Waals surface area contributed by atoms with E-state index in [-0.39, 0.29) is 40.9 Å². The molecule has 1 heterocycles. The molecule has 6 nitrogen and oxygen atoms in total. The van der Waals surface area contributed by atoms with Crippen molar-refractivity contribution in [2.75, 3.05) is 20.8 Å². The molecule has 2 unspecified atom stereocenters. The van der Waals surface area contributed by atoms with E-state index in [4.69, 9.17) is 15.2 Å². The molecule has 0 bridgehead atoms. The molecule has 132 valence electrons. The first-order chi connectivity index (χ1) is 10.4. The van der Waals surface area contributed by atoms with Crippen LogP contribution in [0.2, 0.25) is 0 Å². The molecule has 2 atom stereocenters. The van der Waals surface area contributed by atoms with E-state index in [0.29, 0.717) is 6.54 Å². The number of nitrogens with two attached hydrogens (primary N) is 1. The zero-order valence-electron chi connectivity index (χ0n) is 13.7. The molecule has 1 aliphatic rings. The summed E-state index contributed by atoms with van der Waals surface area (Å²) in [5.41, 5.74) is 6.00. The quantitative estimate of drug-likeness (QED) is 0.864. The number of rotatable bonds is 5. The van der Waals surface area contributed by atoms with Crippen molar-refractivity contribution in [1.29, 1.82) is 0 Å². The molecule has 1 aromatic carbocycles. The zero-order chi connectivity index (χ0) is 16.3. The van der Waals surface area contributed by atoms with Gasteiger partial charge >= 0.3 is 0 Å². The van der Waals surface area contributed by atoms with Gasteiger partial charge in [-0.3, -0.25) is 0 Å². The lowest BCUT2D eigenvalue weighted by Crippen LogP contribution is -2.51. The van der Waals surface area contributed by atoms with Crippen molar-refractivity contribution in [3.63, 3.8) is 0 Å². The molecule has 8 heteroatoms. The zero-order valence-corrected chi connectivity index (χ0v) is 15.3. The van der Waals surface area contributed by atoms with Crippen LogP contribution in [-0.4, -0.2) is 45.6 Å². The molecule has 0 aliphatic carbocycles. The van der Waals surface area contributed by atoms with Crippen LogP contribution in [0, 0.1) is 0 Å². The fourth-order valence-corrected chi connectivity index (χ4v) is 5.01. The Balaban J connectivity index is 0.00000264. The lowest BCUT2D eigenvalue weighted by Gasteiger charge is -2.37. The molecule has 0 saturated carbocycles. The monoisotopic (exact) mass is 364 g/mol. The standard InChI is InChI=1S/C15H24N2O4S.ClH/c1-11(16)12-7-4-5-10-17(12)22(18,19)15-13(20-2)8-6-9-14(15)21-3;/h6,8-9,11-12H,4-5,7,10,16H2,1-3H3;1H. The summed E-state index contributed by atoms with van der Waals surface area (Å²) in [7, 11) is -0.836. The number of methoxy groups -OCH3 is 2. The molecule has 23 heavy (non-hydrogen) atoms. The Morgan fingerprint density at radius 2 is 1.78 bits per heavy atom. The second-order valence-corrected chi connectivity index (χ2v) is 7.36. The Morgan fingerprint density at radius 3 is 2.26 bits per heavy atom. The largest absolute Gasteiger partial charge is 0.495 e. The van der Waals surface area contributed by atoms with Gasteiger partial charge in [0.05, 0.1) is 14.2 Å². The first kappa shape index (κ1) is 20.0. The third kappa shape index (κ3) is 3.91. The summed E-state index contributed by atoms with van der Waals surface area (Å²) in [4.78, 5) is 0.0764. The lowest BCUT2D eigenvalue weighted by molar-refractivity contribution is 0.226. The fraction of sp³-hybridized carbons (Fsp3) is 0.600. The Kier molecular flexibility index (Phi) is 7.13. The molecule has 2 rings (SSSR count). The first-order valence-electron chi connectivity index (χ1n) is 7.42. The van der Waals surface area contributed by atoms with Gasteiger partial charge in [0.25, 0.3) is 10.0 Å². The highest BCUT2D eigenvalue weighted by Crippen LogP contribution is 2.37. The molecule has 2 N–H and O–H groups in total. The highest BCUT2D eigenvalue weighted by atomic mass is 35.5. The van der Waals surface area contributed by atoms with Crippen LogP contribution in [0.25, 0.3) is 0 Å². The number of hydrogen-bond donors (Lipinski definition) is 1. The molecule has 1 aliphatic heterocycles. The van der Waals surface area contributed by atoms with Crippen LogP contribution in [0.1, 0.15) is 26.2 Å². The average molecular weight is 365 g/mol. The number of sulfonamides is 1. The molecule has 0 amide bonds. The summed E-state index contributed by atoms with van der Waals surface area (Å²) >= 11 is 0. The van der Waals surface area contributed by atoms with Crippen molar-refractivity contribution in [2.24, 2.45) is 5.73 Å². The molecular formula is C15H25ClN2O4S. The maximum Gasteiger partial charge on any atom is 0.250 e. The Bertz CT molecular complexity index is 600. The summed E-state index contributed by atoms with van der Waals surface area (Å²) in [6.07, 6.45) is 2.59. The minimum absolute atomic E-state index is 0. The van der Waals surface area contributed by atoms with E-state index in [2.05, 4.69) is 0 Å². The maximum atomic E-state index is 13.2. The Morgan fingerprint density at radius 1 is 1.22 bits per heavy atom. The SMILES string of the molecule is COc1cccc(OC)c1S(=O)(=O)N1CCCCC1C(C)N.Cl.